The van der Waals surface area contributed by atoms with Gasteiger partial charge in [-0.05, 0) is 135 Å². The highest BCUT2D eigenvalue weighted by Gasteiger charge is 2.37. The number of pyridine rings is 1. The Bertz CT molecular complexity index is 3370. The average Bonchev–Trinajstić information content (AvgIpc) is 4.03. The zero-order valence-corrected chi connectivity index (χ0v) is 42.5. The highest BCUT2D eigenvalue weighted by Crippen LogP contribution is 2.42. The van der Waals surface area contributed by atoms with Gasteiger partial charge >= 0.3 is 12.1 Å². The third kappa shape index (κ3) is 10.3. The lowest BCUT2D eigenvalue weighted by molar-refractivity contribution is -0.137. The summed E-state index contributed by atoms with van der Waals surface area (Å²) in [5.41, 5.74) is 2.16. The smallest absolute Gasteiger partial charge is 0.417 e. The molecule has 6 heterocycles. The number of amides is 3. The first-order chi connectivity index (χ1) is 36.6. The Kier molecular flexibility index (Phi) is 14.0. The van der Waals surface area contributed by atoms with Gasteiger partial charge in [-0.15, -0.1) is 0 Å². The number of rotatable bonds is 13. The number of thiazole rings is 1. The van der Waals surface area contributed by atoms with Crippen LogP contribution in [0.1, 0.15) is 101 Å². The number of nitrogens with one attached hydrogen (secondary N) is 2. The number of nitrogens with zero attached hydrogens (tertiary/aromatic N) is 7. The molecule has 0 spiro atoms. The van der Waals surface area contributed by atoms with Crippen LogP contribution in [0.4, 0.5) is 34.2 Å². The molecule has 0 bridgehead atoms. The van der Waals surface area contributed by atoms with Gasteiger partial charge < -0.3 is 19.6 Å². The average molecular weight is 1060 g/mol. The van der Waals surface area contributed by atoms with Crippen molar-refractivity contribution in [1.82, 2.24) is 30.0 Å². The van der Waals surface area contributed by atoms with E-state index in [0.29, 0.717) is 84.2 Å². The largest absolute Gasteiger partial charge is 0.490 e. The van der Waals surface area contributed by atoms with Crippen molar-refractivity contribution in [3.05, 3.63) is 124 Å². The Hall–Kier alpha value is -7.45. The third-order valence-electron chi connectivity index (χ3n) is 15.4. The topological polar surface area (TPSA) is 175 Å². The fraction of sp³-hybridized carbons (Fsp3) is 0.375. The van der Waals surface area contributed by atoms with Crippen molar-refractivity contribution in [1.29, 1.82) is 0 Å². The molecule has 0 radical (unpaired) electrons. The van der Waals surface area contributed by atoms with Gasteiger partial charge in [0.1, 0.15) is 17.1 Å². The molecule has 3 aliphatic heterocycles. The summed E-state index contributed by atoms with van der Waals surface area (Å²) in [5.74, 6) is -2.76. The Morgan fingerprint density at radius 1 is 0.868 bits per heavy atom. The van der Waals surface area contributed by atoms with E-state index in [0.717, 1.165) is 72.7 Å². The van der Waals surface area contributed by atoms with E-state index in [1.165, 1.54) is 40.3 Å². The van der Waals surface area contributed by atoms with E-state index in [1.807, 2.05) is 52.3 Å². The van der Waals surface area contributed by atoms with Gasteiger partial charge in [-0.25, -0.2) is 19.2 Å². The number of hydrogen-bond donors (Lipinski definition) is 3. The highest BCUT2D eigenvalue weighted by atomic mass is 32.1. The molecule has 1 saturated carbocycles. The number of benzene rings is 4. The standard InChI is InChI=1S/C56H55F4N9O6S/c1-66-51-39(49(65-66)40-19-22-47(70)63-53(40)72)17-20-44(48(51)57)68-28-26-67(27-29-68)24-5-6-32-11-13-34(14-12-32)75-35-15-16-36(42(30-35)56(58,59)60)37-18-21-46(62-50(37)54(73)74)69-25-23-33-7-4-8-38(41(33)31-69)52(71)64-55-61-43-9-2-3-10-45(43)76-55/h2-4,7-10,15-18,20-21,30,32,34,40H,5-6,11-14,19,22-29,31H2,1H3,(H,73,74)(H,61,64,71)(H,63,70,72). The van der Waals surface area contributed by atoms with Gasteiger partial charge in [-0.2, -0.15) is 18.3 Å². The van der Waals surface area contributed by atoms with Crippen LogP contribution in [0.3, 0.4) is 0 Å². The van der Waals surface area contributed by atoms with Crippen LogP contribution < -0.4 is 25.2 Å². The summed E-state index contributed by atoms with van der Waals surface area (Å²) in [6.07, 6.45) is 1.11. The number of aromatic carboxylic acids is 1. The number of para-hydroxylation sites is 1. The zero-order valence-electron chi connectivity index (χ0n) is 41.7. The second-order valence-electron chi connectivity index (χ2n) is 20.2. The normalized spacial score (nSPS) is 19.5. The lowest BCUT2D eigenvalue weighted by Gasteiger charge is -2.36. The Morgan fingerprint density at radius 3 is 2.42 bits per heavy atom. The highest BCUT2D eigenvalue weighted by molar-refractivity contribution is 7.22. The van der Waals surface area contributed by atoms with Gasteiger partial charge in [0.2, 0.25) is 11.8 Å². The number of ether oxygens (including phenoxy) is 1. The number of carboxylic acid groups (broad SMARTS) is 1. The van der Waals surface area contributed by atoms with Crippen LogP contribution in [-0.2, 0) is 35.8 Å². The molecule has 3 amide bonds. The summed E-state index contributed by atoms with van der Waals surface area (Å²) in [6, 6.07) is 23.2. The molecule has 20 heteroatoms. The minimum absolute atomic E-state index is 0.0622. The van der Waals surface area contributed by atoms with Crippen molar-refractivity contribution in [3.63, 3.8) is 0 Å². The van der Waals surface area contributed by atoms with Crippen molar-refractivity contribution >= 4 is 72.8 Å². The number of fused-ring (bicyclic) bond motifs is 3. The van der Waals surface area contributed by atoms with Gasteiger partial charge in [0.05, 0.1) is 39.2 Å². The van der Waals surface area contributed by atoms with Gasteiger partial charge in [-0.3, -0.25) is 34.6 Å². The number of carbonyl (C=O) groups is 4. The van der Waals surface area contributed by atoms with Crippen molar-refractivity contribution in [2.24, 2.45) is 13.0 Å². The summed E-state index contributed by atoms with van der Waals surface area (Å²) in [6.45, 7) is 4.41. The Balaban J connectivity index is 0.680. The molecule has 4 aliphatic rings. The summed E-state index contributed by atoms with van der Waals surface area (Å²) in [5, 5.41) is 21.2. The van der Waals surface area contributed by atoms with E-state index < -0.39 is 35.2 Å². The predicted molar refractivity (Wildman–Crippen MR) is 280 cm³/mol. The first kappa shape index (κ1) is 50.7. The van der Waals surface area contributed by atoms with Crippen LogP contribution in [0, 0.1) is 11.7 Å². The molecule has 3 aromatic heterocycles. The fourth-order valence-electron chi connectivity index (χ4n) is 11.5. The molecular weight excluding hydrogens is 1000 g/mol. The summed E-state index contributed by atoms with van der Waals surface area (Å²) in [7, 11) is 1.66. The number of aryl methyl sites for hydroxylation is 1. The van der Waals surface area contributed by atoms with Crippen molar-refractivity contribution in [3.8, 4) is 16.9 Å². The van der Waals surface area contributed by atoms with E-state index in [2.05, 4.69) is 30.6 Å². The minimum Gasteiger partial charge on any atom is -0.490 e. The van der Waals surface area contributed by atoms with Crippen LogP contribution in [0.15, 0.2) is 84.9 Å². The van der Waals surface area contributed by atoms with Gasteiger partial charge in [0.15, 0.2) is 16.6 Å². The minimum atomic E-state index is -4.83. The monoisotopic (exact) mass is 1060 g/mol. The maximum Gasteiger partial charge on any atom is 0.417 e. The molecule has 11 rings (SSSR count). The van der Waals surface area contributed by atoms with Crippen LogP contribution in [-0.4, -0.2) is 98.8 Å². The first-order valence-electron chi connectivity index (χ1n) is 25.8. The Labute approximate surface area is 438 Å². The second kappa shape index (κ2) is 20.9. The van der Waals surface area contributed by atoms with Gasteiger partial charge in [-0.1, -0.05) is 41.7 Å². The van der Waals surface area contributed by atoms with Crippen molar-refractivity contribution in [2.45, 2.75) is 82.5 Å². The number of hydrogen-bond acceptors (Lipinski definition) is 12. The molecule has 2 saturated heterocycles. The molecule has 1 aliphatic carbocycles. The quantitative estimate of drug-likeness (QED) is 0.0738. The van der Waals surface area contributed by atoms with E-state index in [1.54, 1.807) is 19.2 Å². The molecule has 15 nitrogen and oxygen atoms in total. The number of carbonyl (C=O) groups excluding carboxylic acids is 3. The second-order valence-corrected chi connectivity index (χ2v) is 21.2. The molecule has 1 unspecified atom stereocenters. The summed E-state index contributed by atoms with van der Waals surface area (Å²) in [4.78, 5) is 65.9. The van der Waals surface area contributed by atoms with Gasteiger partial charge in [0.25, 0.3) is 5.91 Å². The number of imide groups is 1. The number of piperazine rings is 1. The van der Waals surface area contributed by atoms with E-state index in [-0.39, 0.29) is 59.4 Å². The summed E-state index contributed by atoms with van der Waals surface area (Å²) < 4.78 is 69.3. The SMILES string of the molecule is Cn1nc(C2CCC(=O)NC2=O)c2ccc(N3CCN(CCCC4CCC(Oc5ccc(-c6ccc(N7CCc8cccc(C(=O)Nc9nc%10ccccc%10s9)c8C7)nc6C(=O)O)c(C(F)(F)F)c5)CC4)CC3)c(F)c21. The van der Waals surface area contributed by atoms with Gasteiger partial charge in [0, 0.05) is 69.3 Å². The molecule has 3 N–H and O–H groups in total. The number of anilines is 3. The number of halogens is 4. The fourth-order valence-corrected chi connectivity index (χ4v) is 12.4. The van der Waals surface area contributed by atoms with E-state index in [9.17, 15) is 37.5 Å². The number of aromatic nitrogens is 4. The molecule has 394 valence electrons. The van der Waals surface area contributed by atoms with E-state index in [4.69, 9.17) is 4.74 Å². The number of alkyl halides is 3. The van der Waals surface area contributed by atoms with Crippen molar-refractivity contribution < 1.29 is 46.6 Å². The Morgan fingerprint density at radius 2 is 1.66 bits per heavy atom. The van der Waals surface area contributed by atoms with E-state index >= 15 is 4.39 Å². The zero-order chi connectivity index (χ0) is 52.8. The van der Waals surface area contributed by atoms with Crippen LogP contribution >= 0.6 is 11.3 Å². The van der Waals surface area contributed by atoms with Crippen LogP contribution in [0.2, 0.25) is 0 Å². The lowest BCUT2D eigenvalue weighted by atomic mass is 9.84. The number of carboxylic acids is 1. The predicted octanol–water partition coefficient (Wildman–Crippen LogP) is 9.98. The summed E-state index contributed by atoms with van der Waals surface area (Å²) >= 11 is 1.36. The third-order valence-corrected chi connectivity index (χ3v) is 16.4. The van der Waals surface area contributed by atoms with Crippen molar-refractivity contribution in [2.75, 3.05) is 54.4 Å². The molecule has 3 fully saturated rings. The molecule has 4 aromatic carbocycles. The molecule has 7 aromatic rings. The lowest BCUT2D eigenvalue weighted by Crippen LogP contribution is -2.47. The molecular formula is C56H55F4N9O6S. The first-order valence-corrected chi connectivity index (χ1v) is 26.6. The maximum atomic E-state index is 16.1. The van der Waals surface area contributed by atoms with Crippen LogP contribution in [0.5, 0.6) is 5.75 Å². The number of piperidine rings is 1. The van der Waals surface area contributed by atoms with Crippen LogP contribution in [0.25, 0.3) is 32.2 Å². The maximum absolute atomic E-state index is 16.1. The molecule has 1 atom stereocenters. The molecule has 76 heavy (non-hydrogen) atoms.